The Balaban J connectivity index is 1.82. The highest BCUT2D eigenvalue weighted by Gasteiger charge is 2.37. The van der Waals surface area contributed by atoms with Gasteiger partial charge in [-0.15, -0.1) is 0 Å². The number of nitrogens with zero attached hydrogens (tertiary/aromatic N) is 1. The average Bonchev–Trinajstić information content (AvgIpc) is 2.90. The van der Waals surface area contributed by atoms with Crippen LogP contribution in [0.25, 0.3) is 0 Å². The summed E-state index contributed by atoms with van der Waals surface area (Å²) in [7, 11) is 0. The maximum atomic E-state index is 14.0. The van der Waals surface area contributed by atoms with Crippen molar-refractivity contribution >= 4 is 15.9 Å². The predicted molar refractivity (Wildman–Crippen MR) is 73.4 cm³/mol. The first kappa shape index (κ1) is 14.4. The zero-order valence-corrected chi connectivity index (χ0v) is 12.4. The quantitative estimate of drug-likeness (QED) is 0.834. The molecule has 2 aliphatic rings. The van der Waals surface area contributed by atoms with Gasteiger partial charge in [0.05, 0.1) is 16.6 Å². The molecule has 2 saturated heterocycles. The van der Waals surface area contributed by atoms with Crippen molar-refractivity contribution in [2.75, 3.05) is 19.7 Å². The summed E-state index contributed by atoms with van der Waals surface area (Å²) in [5.41, 5.74) is -0.318. The van der Waals surface area contributed by atoms with Crippen LogP contribution in [0.15, 0.2) is 16.6 Å². The van der Waals surface area contributed by atoms with Crippen LogP contribution in [0.4, 0.5) is 8.78 Å². The molecule has 2 aliphatic heterocycles. The number of benzene rings is 1. The third-order valence-corrected chi connectivity index (χ3v) is 4.76. The summed E-state index contributed by atoms with van der Waals surface area (Å²) in [5, 5.41) is 10.3. The molecule has 1 aromatic carbocycles. The van der Waals surface area contributed by atoms with Crippen LogP contribution >= 0.6 is 15.9 Å². The summed E-state index contributed by atoms with van der Waals surface area (Å²) in [6.45, 7) is 1.98. The molecule has 3 nitrogen and oxygen atoms in total. The molecule has 0 bridgehead atoms. The molecule has 0 spiro atoms. The Kier molecular flexibility index (Phi) is 4.08. The standard InChI is InChI=1S/C14H16BrF2NO2/c15-9-3-4-10(16)12(13(9)17)14(19)11-6-18-5-1-2-8(18)7-20-11/h3-4,8,11,14,19H,1-2,5-7H2. The number of fused-ring (bicyclic) bond motifs is 1. The molecule has 6 heteroatoms. The van der Waals surface area contributed by atoms with Crippen LogP contribution in [-0.2, 0) is 4.74 Å². The SMILES string of the molecule is OC(c1c(F)ccc(Br)c1F)C1CN2CCCC2CO1. The van der Waals surface area contributed by atoms with E-state index in [1.807, 2.05) is 0 Å². The lowest BCUT2D eigenvalue weighted by molar-refractivity contribution is -0.105. The second-order valence-corrected chi connectivity index (χ2v) is 6.22. The minimum absolute atomic E-state index is 0.141. The van der Waals surface area contributed by atoms with E-state index < -0.39 is 23.8 Å². The third kappa shape index (κ3) is 2.50. The fraction of sp³-hybridized carbons (Fsp3) is 0.571. The second-order valence-electron chi connectivity index (χ2n) is 5.36. The van der Waals surface area contributed by atoms with Crippen molar-refractivity contribution in [1.29, 1.82) is 0 Å². The fourth-order valence-corrected chi connectivity index (χ4v) is 3.38. The number of aliphatic hydroxyl groups excluding tert-OH is 1. The summed E-state index contributed by atoms with van der Waals surface area (Å²) in [4.78, 5) is 2.23. The van der Waals surface area contributed by atoms with Gasteiger partial charge in [-0.25, -0.2) is 8.78 Å². The van der Waals surface area contributed by atoms with Crippen molar-refractivity contribution in [2.45, 2.75) is 31.1 Å². The third-order valence-electron chi connectivity index (χ3n) is 4.14. The molecule has 3 unspecified atom stereocenters. The van der Waals surface area contributed by atoms with Crippen LogP contribution in [-0.4, -0.2) is 41.8 Å². The molecule has 110 valence electrons. The minimum Gasteiger partial charge on any atom is -0.385 e. The predicted octanol–water partition coefficient (Wildman–Crippen LogP) is 2.62. The highest BCUT2D eigenvalue weighted by Crippen LogP contribution is 2.33. The first-order valence-electron chi connectivity index (χ1n) is 6.75. The Morgan fingerprint density at radius 2 is 2.20 bits per heavy atom. The fourth-order valence-electron chi connectivity index (χ4n) is 3.03. The molecule has 1 N–H and O–H groups in total. The average molecular weight is 348 g/mol. The summed E-state index contributed by atoms with van der Waals surface area (Å²) in [6, 6.07) is 2.82. The molecule has 0 aliphatic carbocycles. The van der Waals surface area contributed by atoms with Gasteiger partial charge in [0.2, 0.25) is 0 Å². The highest BCUT2D eigenvalue weighted by atomic mass is 79.9. The summed E-state index contributed by atoms with van der Waals surface area (Å²) in [6.07, 6.45) is 0.301. The van der Waals surface area contributed by atoms with Crippen LogP contribution in [0.2, 0.25) is 0 Å². The number of hydrogen-bond donors (Lipinski definition) is 1. The normalized spacial score (nSPS) is 28.4. The second kappa shape index (κ2) is 5.67. The highest BCUT2D eigenvalue weighted by molar-refractivity contribution is 9.10. The van der Waals surface area contributed by atoms with Gasteiger partial charge in [-0.3, -0.25) is 4.90 Å². The molecule has 20 heavy (non-hydrogen) atoms. The summed E-state index contributed by atoms with van der Waals surface area (Å²) in [5.74, 6) is -1.50. The Morgan fingerprint density at radius 3 is 3.00 bits per heavy atom. The number of ether oxygens (including phenoxy) is 1. The van der Waals surface area contributed by atoms with E-state index in [0.717, 1.165) is 25.5 Å². The molecule has 3 rings (SSSR count). The van der Waals surface area contributed by atoms with Gasteiger partial charge in [0.1, 0.15) is 23.8 Å². The maximum absolute atomic E-state index is 14.0. The van der Waals surface area contributed by atoms with Crippen molar-refractivity contribution in [1.82, 2.24) is 4.90 Å². The van der Waals surface area contributed by atoms with E-state index in [-0.39, 0.29) is 10.0 Å². The van der Waals surface area contributed by atoms with Crippen molar-refractivity contribution < 1.29 is 18.6 Å². The topological polar surface area (TPSA) is 32.7 Å². The number of hydrogen-bond acceptors (Lipinski definition) is 3. The van der Waals surface area contributed by atoms with Gasteiger partial charge >= 0.3 is 0 Å². The number of morpholine rings is 1. The largest absolute Gasteiger partial charge is 0.385 e. The first-order chi connectivity index (χ1) is 9.58. The van der Waals surface area contributed by atoms with Crippen LogP contribution in [0.5, 0.6) is 0 Å². The van der Waals surface area contributed by atoms with Gasteiger partial charge in [0, 0.05) is 12.6 Å². The van der Waals surface area contributed by atoms with Crippen molar-refractivity contribution in [3.63, 3.8) is 0 Å². The molecule has 0 radical (unpaired) electrons. The molecule has 0 saturated carbocycles. The molecule has 2 fully saturated rings. The van der Waals surface area contributed by atoms with Crippen LogP contribution in [0.3, 0.4) is 0 Å². The molecular formula is C14H16BrF2NO2. The van der Waals surface area contributed by atoms with E-state index in [2.05, 4.69) is 20.8 Å². The van der Waals surface area contributed by atoms with Gasteiger partial charge in [-0.2, -0.15) is 0 Å². The maximum Gasteiger partial charge on any atom is 0.146 e. The zero-order chi connectivity index (χ0) is 14.3. The molecular weight excluding hydrogens is 332 g/mol. The number of halogens is 3. The Labute approximate surface area is 124 Å². The van der Waals surface area contributed by atoms with E-state index in [0.29, 0.717) is 19.2 Å². The van der Waals surface area contributed by atoms with E-state index in [4.69, 9.17) is 4.74 Å². The zero-order valence-electron chi connectivity index (χ0n) is 10.9. The number of rotatable bonds is 2. The summed E-state index contributed by atoms with van der Waals surface area (Å²) < 4.78 is 33.6. The number of aliphatic hydroxyl groups is 1. The van der Waals surface area contributed by atoms with Crippen molar-refractivity contribution in [2.24, 2.45) is 0 Å². The molecule has 0 amide bonds. The van der Waals surface area contributed by atoms with Gasteiger partial charge in [0.25, 0.3) is 0 Å². The first-order valence-corrected chi connectivity index (χ1v) is 7.54. The molecule has 1 aromatic rings. The van der Waals surface area contributed by atoms with Crippen LogP contribution in [0.1, 0.15) is 24.5 Å². The smallest absolute Gasteiger partial charge is 0.146 e. The van der Waals surface area contributed by atoms with Crippen molar-refractivity contribution in [3.8, 4) is 0 Å². The molecule has 3 atom stereocenters. The molecule has 2 heterocycles. The van der Waals surface area contributed by atoms with Gasteiger partial charge < -0.3 is 9.84 Å². The Bertz CT molecular complexity index is 514. The Morgan fingerprint density at radius 1 is 1.40 bits per heavy atom. The molecule has 0 aromatic heterocycles. The van der Waals surface area contributed by atoms with E-state index in [1.54, 1.807) is 0 Å². The van der Waals surface area contributed by atoms with E-state index >= 15 is 0 Å². The van der Waals surface area contributed by atoms with Crippen LogP contribution < -0.4 is 0 Å². The summed E-state index contributed by atoms with van der Waals surface area (Å²) >= 11 is 3.01. The van der Waals surface area contributed by atoms with Crippen LogP contribution in [0, 0.1) is 11.6 Å². The monoisotopic (exact) mass is 347 g/mol. The van der Waals surface area contributed by atoms with E-state index in [1.165, 1.54) is 6.07 Å². The minimum atomic E-state index is -1.30. The lowest BCUT2D eigenvalue weighted by atomic mass is 10.0. The Hall–Kier alpha value is -0.560. The lowest BCUT2D eigenvalue weighted by Crippen LogP contribution is -2.48. The van der Waals surface area contributed by atoms with Gasteiger partial charge in [-0.1, -0.05) is 0 Å². The van der Waals surface area contributed by atoms with E-state index in [9.17, 15) is 13.9 Å². The van der Waals surface area contributed by atoms with Gasteiger partial charge in [-0.05, 0) is 47.4 Å². The van der Waals surface area contributed by atoms with Crippen molar-refractivity contribution in [3.05, 3.63) is 33.8 Å². The van der Waals surface area contributed by atoms with Gasteiger partial charge in [0.15, 0.2) is 0 Å². The lowest BCUT2D eigenvalue weighted by Gasteiger charge is -2.37.